The predicted molar refractivity (Wildman–Crippen MR) is 83.0 cm³/mol. The number of benzene rings is 1. The third-order valence-electron chi connectivity index (χ3n) is 3.48. The Labute approximate surface area is 124 Å². The fourth-order valence-corrected chi connectivity index (χ4v) is 3.78. The van der Waals surface area contributed by atoms with Crippen LogP contribution in [0.15, 0.2) is 24.3 Å². The van der Waals surface area contributed by atoms with Crippen LogP contribution in [0.4, 0.5) is 0 Å². The van der Waals surface area contributed by atoms with E-state index in [9.17, 15) is 4.79 Å². The van der Waals surface area contributed by atoms with E-state index < -0.39 is 0 Å². The van der Waals surface area contributed by atoms with Crippen molar-refractivity contribution in [2.24, 2.45) is 0 Å². The minimum atomic E-state index is 0.0134. The van der Waals surface area contributed by atoms with Gasteiger partial charge in [-0.1, -0.05) is 18.2 Å². The Hall–Kier alpha value is -1.20. The van der Waals surface area contributed by atoms with Gasteiger partial charge >= 0.3 is 0 Å². The van der Waals surface area contributed by atoms with Crippen LogP contribution in [0.2, 0.25) is 0 Å². The first kappa shape index (κ1) is 15.2. The van der Waals surface area contributed by atoms with E-state index in [1.54, 1.807) is 18.9 Å². The Morgan fingerprint density at radius 3 is 2.85 bits per heavy atom. The van der Waals surface area contributed by atoms with Crippen molar-refractivity contribution in [2.45, 2.75) is 24.0 Å². The van der Waals surface area contributed by atoms with Crippen LogP contribution in [0.3, 0.4) is 0 Å². The highest BCUT2D eigenvalue weighted by Gasteiger charge is 2.39. The lowest BCUT2D eigenvalue weighted by Gasteiger charge is -2.25. The molecule has 1 heterocycles. The van der Waals surface area contributed by atoms with Gasteiger partial charge in [0.2, 0.25) is 5.91 Å². The zero-order chi connectivity index (χ0) is 14.5. The maximum absolute atomic E-state index is 12.3. The summed E-state index contributed by atoms with van der Waals surface area (Å²) in [5, 5.41) is 3.20. The minimum absolute atomic E-state index is 0.0134. The quantitative estimate of drug-likeness (QED) is 0.817. The first-order valence-electron chi connectivity index (χ1n) is 6.92. The van der Waals surface area contributed by atoms with Crippen molar-refractivity contribution < 1.29 is 9.53 Å². The molecule has 2 rings (SSSR count). The second-order valence-electron chi connectivity index (χ2n) is 4.86. The van der Waals surface area contributed by atoms with Gasteiger partial charge in [0.15, 0.2) is 0 Å². The van der Waals surface area contributed by atoms with Crippen molar-refractivity contribution in [1.29, 1.82) is 0 Å². The van der Waals surface area contributed by atoms with Crippen molar-refractivity contribution in [3.63, 3.8) is 0 Å². The first-order chi connectivity index (χ1) is 9.69. The number of amides is 1. The van der Waals surface area contributed by atoms with Gasteiger partial charge < -0.3 is 15.0 Å². The molecule has 1 amide bonds. The molecule has 1 aliphatic rings. The van der Waals surface area contributed by atoms with Crippen LogP contribution in [0.25, 0.3) is 0 Å². The normalized spacial score (nSPS) is 22.4. The number of nitrogens with zero attached hydrogens (tertiary/aromatic N) is 1. The lowest BCUT2D eigenvalue weighted by molar-refractivity contribution is -0.129. The van der Waals surface area contributed by atoms with Gasteiger partial charge in [-0.2, -0.15) is 0 Å². The highest BCUT2D eigenvalue weighted by molar-refractivity contribution is 8.01. The third-order valence-corrected chi connectivity index (χ3v) is 4.85. The van der Waals surface area contributed by atoms with Gasteiger partial charge in [0.1, 0.15) is 11.1 Å². The average molecular weight is 294 g/mol. The molecule has 1 aromatic rings. The lowest BCUT2D eigenvalue weighted by Crippen LogP contribution is -2.32. The van der Waals surface area contributed by atoms with Gasteiger partial charge in [0.05, 0.1) is 12.4 Å². The van der Waals surface area contributed by atoms with Gasteiger partial charge in [-0.25, -0.2) is 0 Å². The maximum atomic E-state index is 12.3. The molecule has 0 spiro atoms. The van der Waals surface area contributed by atoms with Crippen LogP contribution in [0.1, 0.15) is 24.3 Å². The molecule has 4 nitrogen and oxygen atoms in total. The van der Waals surface area contributed by atoms with Crippen LogP contribution in [-0.4, -0.2) is 43.3 Å². The lowest BCUT2D eigenvalue weighted by atomic mass is 10.1. The van der Waals surface area contributed by atoms with E-state index >= 15 is 0 Å². The predicted octanol–water partition coefficient (Wildman–Crippen LogP) is 2.27. The van der Waals surface area contributed by atoms with E-state index in [2.05, 4.69) is 5.32 Å². The second-order valence-corrected chi connectivity index (χ2v) is 6.29. The maximum Gasteiger partial charge on any atom is 0.236 e. The van der Waals surface area contributed by atoms with E-state index in [4.69, 9.17) is 4.74 Å². The summed E-state index contributed by atoms with van der Waals surface area (Å²) in [5.41, 5.74) is 1.09. The number of methoxy groups -OCH3 is 1. The van der Waals surface area contributed by atoms with E-state index in [-0.39, 0.29) is 16.5 Å². The van der Waals surface area contributed by atoms with Crippen LogP contribution < -0.4 is 10.1 Å². The molecule has 0 radical (unpaired) electrons. The fourth-order valence-electron chi connectivity index (χ4n) is 2.44. The Bertz CT molecular complexity index is 467. The summed E-state index contributed by atoms with van der Waals surface area (Å²) in [6, 6.07) is 7.96. The summed E-state index contributed by atoms with van der Waals surface area (Å²) < 4.78 is 5.44. The van der Waals surface area contributed by atoms with E-state index in [0.29, 0.717) is 0 Å². The largest absolute Gasteiger partial charge is 0.496 e. The smallest absolute Gasteiger partial charge is 0.236 e. The fraction of sp³-hybridized carbons (Fsp3) is 0.533. The summed E-state index contributed by atoms with van der Waals surface area (Å²) in [6.45, 7) is 3.68. The molecule has 0 aliphatic carbocycles. The Morgan fingerprint density at radius 2 is 2.15 bits per heavy atom. The van der Waals surface area contributed by atoms with Crippen molar-refractivity contribution in [2.75, 3.05) is 27.2 Å². The number of thioether (sulfide) groups is 1. The molecule has 0 saturated carbocycles. The molecule has 1 aliphatic heterocycles. The zero-order valence-corrected chi connectivity index (χ0v) is 13.1. The van der Waals surface area contributed by atoms with E-state index in [1.165, 1.54) is 0 Å². The van der Waals surface area contributed by atoms with Crippen molar-refractivity contribution in [3.05, 3.63) is 29.8 Å². The zero-order valence-electron chi connectivity index (χ0n) is 12.3. The van der Waals surface area contributed by atoms with Gasteiger partial charge in [-0.05, 0) is 33.0 Å². The van der Waals surface area contributed by atoms with Gasteiger partial charge in [-0.3, -0.25) is 4.79 Å². The van der Waals surface area contributed by atoms with Gasteiger partial charge in [-0.15, -0.1) is 11.8 Å². The Balaban J connectivity index is 2.21. The van der Waals surface area contributed by atoms with Crippen molar-refractivity contribution in [3.8, 4) is 5.75 Å². The number of para-hydroxylation sites is 1. The number of nitrogens with one attached hydrogen (secondary N) is 1. The van der Waals surface area contributed by atoms with Crippen LogP contribution in [0.5, 0.6) is 5.75 Å². The molecule has 1 aromatic carbocycles. The molecule has 0 unspecified atom stereocenters. The highest BCUT2D eigenvalue weighted by atomic mass is 32.2. The molecule has 110 valence electrons. The first-order valence-corrected chi connectivity index (χ1v) is 7.86. The summed E-state index contributed by atoms with van der Waals surface area (Å²) in [4.78, 5) is 14.3. The molecule has 0 bridgehead atoms. The number of hydrogen-bond acceptors (Lipinski definition) is 4. The summed E-state index contributed by atoms with van der Waals surface area (Å²) in [5.74, 6) is 1.08. The molecular formula is C15H22N2O2S. The monoisotopic (exact) mass is 294 g/mol. The van der Waals surface area contributed by atoms with Crippen molar-refractivity contribution >= 4 is 17.7 Å². The Morgan fingerprint density at radius 1 is 1.40 bits per heavy atom. The molecule has 2 atom stereocenters. The molecule has 1 N–H and O–H groups in total. The Kier molecular flexibility index (Phi) is 5.31. The molecule has 0 aromatic heterocycles. The number of hydrogen-bond donors (Lipinski definition) is 1. The van der Waals surface area contributed by atoms with Crippen LogP contribution >= 0.6 is 11.8 Å². The van der Waals surface area contributed by atoms with Gasteiger partial charge in [0.25, 0.3) is 0 Å². The topological polar surface area (TPSA) is 41.6 Å². The third kappa shape index (κ3) is 3.10. The molecule has 1 saturated heterocycles. The molecular weight excluding hydrogens is 272 g/mol. The summed E-state index contributed by atoms with van der Waals surface area (Å²) in [7, 11) is 3.61. The number of carbonyl (C=O) groups excluding carboxylic acids is 1. The number of rotatable bonds is 6. The second kappa shape index (κ2) is 6.99. The molecule has 5 heteroatoms. The van der Waals surface area contributed by atoms with Crippen LogP contribution in [0, 0.1) is 0 Å². The number of ether oxygens (including phenoxy) is 1. The average Bonchev–Trinajstić information content (AvgIpc) is 2.75. The van der Waals surface area contributed by atoms with Crippen molar-refractivity contribution in [1.82, 2.24) is 10.2 Å². The minimum Gasteiger partial charge on any atom is -0.496 e. The van der Waals surface area contributed by atoms with Gasteiger partial charge in [0, 0.05) is 12.1 Å². The van der Waals surface area contributed by atoms with E-state index in [1.807, 2.05) is 43.1 Å². The highest BCUT2D eigenvalue weighted by Crippen LogP contribution is 2.45. The number of carbonyl (C=O) groups is 1. The van der Waals surface area contributed by atoms with Crippen LogP contribution in [-0.2, 0) is 4.79 Å². The standard InChI is InChI=1S/C15H22N2O2S/c1-11-14(18)17(10-6-9-16-2)15(20-11)12-7-4-5-8-13(12)19-3/h4-5,7-8,11,15-16H,6,9-10H2,1-3H3/t11-,15-/m0/s1. The molecule has 20 heavy (non-hydrogen) atoms. The SMILES string of the molecule is CNCCCN1C(=O)[C@H](C)S[C@H]1c1ccccc1OC. The van der Waals surface area contributed by atoms with E-state index in [0.717, 1.165) is 30.8 Å². The molecule has 1 fully saturated rings. The summed E-state index contributed by atoms with van der Waals surface area (Å²) >= 11 is 1.70. The summed E-state index contributed by atoms with van der Waals surface area (Å²) in [6.07, 6.45) is 0.959.